The van der Waals surface area contributed by atoms with Gasteiger partial charge in [0.2, 0.25) is 11.8 Å². The molecule has 0 unspecified atom stereocenters. The third kappa shape index (κ3) is 5.89. The summed E-state index contributed by atoms with van der Waals surface area (Å²) in [5, 5.41) is 5.91. The lowest BCUT2D eigenvalue weighted by atomic mass is 10.1. The fourth-order valence-corrected chi connectivity index (χ4v) is 3.17. The second-order valence-corrected chi connectivity index (χ2v) is 7.55. The van der Waals surface area contributed by atoms with E-state index in [-0.39, 0.29) is 11.8 Å². The molecule has 1 heterocycles. The van der Waals surface area contributed by atoms with Crippen molar-refractivity contribution in [3.05, 3.63) is 53.3 Å². The van der Waals surface area contributed by atoms with E-state index in [1.807, 2.05) is 45.0 Å². The van der Waals surface area contributed by atoms with Gasteiger partial charge in [0, 0.05) is 42.3 Å². The van der Waals surface area contributed by atoms with E-state index >= 15 is 0 Å². The number of anilines is 2. The number of benzene rings is 1. The summed E-state index contributed by atoms with van der Waals surface area (Å²) >= 11 is 0. The van der Waals surface area contributed by atoms with Gasteiger partial charge in [-0.1, -0.05) is 12.1 Å². The summed E-state index contributed by atoms with van der Waals surface area (Å²) in [4.78, 5) is 31.0. The van der Waals surface area contributed by atoms with Gasteiger partial charge in [-0.05, 0) is 62.9 Å². The molecule has 0 spiro atoms. The van der Waals surface area contributed by atoms with Crippen LogP contribution in [-0.4, -0.2) is 40.8 Å². The summed E-state index contributed by atoms with van der Waals surface area (Å²) in [6, 6.07) is 10.0. The number of carbonyl (C=O) groups excluding carboxylic acids is 2. The molecule has 148 valence electrons. The Morgan fingerprint density at radius 3 is 2.57 bits per heavy atom. The maximum absolute atomic E-state index is 12.5. The zero-order valence-corrected chi connectivity index (χ0v) is 16.8. The highest BCUT2D eigenvalue weighted by atomic mass is 16.2. The van der Waals surface area contributed by atoms with Crippen molar-refractivity contribution in [1.29, 1.82) is 0 Å². The summed E-state index contributed by atoms with van der Waals surface area (Å²) in [7, 11) is 0. The van der Waals surface area contributed by atoms with Crippen molar-refractivity contribution in [3.63, 3.8) is 0 Å². The monoisotopic (exact) mass is 380 g/mol. The Labute approximate surface area is 166 Å². The standard InChI is InChI=1S/C22H28N4O2/c1-15-4-5-16(2)20(12-15)25-22(28)14-26(19-6-7-19)11-9-21(27)24-18-8-10-23-17(3)13-18/h4-5,8,10,12-13,19H,6-7,9,11,14H2,1-3H3,(H,25,28)(H,23,24,27). The van der Waals surface area contributed by atoms with Crippen LogP contribution < -0.4 is 10.6 Å². The van der Waals surface area contributed by atoms with Gasteiger partial charge in [0.15, 0.2) is 0 Å². The highest BCUT2D eigenvalue weighted by Crippen LogP contribution is 2.27. The van der Waals surface area contributed by atoms with Crippen LogP contribution >= 0.6 is 0 Å². The van der Waals surface area contributed by atoms with E-state index in [1.165, 1.54) is 0 Å². The Morgan fingerprint density at radius 1 is 1.07 bits per heavy atom. The summed E-state index contributed by atoms with van der Waals surface area (Å²) in [5.41, 5.74) is 4.63. The summed E-state index contributed by atoms with van der Waals surface area (Å²) in [5.74, 6) is -0.0862. The molecule has 0 aliphatic heterocycles. The predicted molar refractivity (Wildman–Crippen MR) is 111 cm³/mol. The fraction of sp³-hybridized carbons (Fsp3) is 0.409. The number of carbonyl (C=O) groups is 2. The van der Waals surface area contributed by atoms with Crippen LogP contribution in [0.2, 0.25) is 0 Å². The molecule has 1 fully saturated rings. The molecule has 1 aliphatic carbocycles. The highest BCUT2D eigenvalue weighted by molar-refractivity contribution is 5.93. The number of aromatic nitrogens is 1. The van der Waals surface area contributed by atoms with Crippen LogP contribution in [0.25, 0.3) is 0 Å². The van der Waals surface area contributed by atoms with Crippen molar-refractivity contribution >= 4 is 23.2 Å². The van der Waals surface area contributed by atoms with Crippen LogP contribution in [0.4, 0.5) is 11.4 Å². The van der Waals surface area contributed by atoms with E-state index in [9.17, 15) is 9.59 Å². The molecule has 0 bridgehead atoms. The van der Waals surface area contributed by atoms with Crippen molar-refractivity contribution in [2.75, 3.05) is 23.7 Å². The lowest BCUT2D eigenvalue weighted by molar-refractivity contribution is -0.119. The van der Waals surface area contributed by atoms with Gasteiger partial charge in [0.1, 0.15) is 0 Å². The summed E-state index contributed by atoms with van der Waals surface area (Å²) in [6.07, 6.45) is 4.21. The third-order valence-electron chi connectivity index (χ3n) is 4.88. The average Bonchev–Trinajstić information content (AvgIpc) is 3.47. The molecule has 2 amide bonds. The zero-order chi connectivity index (χ0) is 20.1. The summed E-state index contributed by atoms with van der Waals surface area (Å²) < 4.78 is 0. The Hall–Kier alpha value is -2.73. The van der Waals surface area contributed by atoms with Crippen molar-refractivity contribution < 1.29 is 9.59 Å². The van der Waals surface area contributed by atoms with Crippen LogP contribution in [0.15, 0.2) is 36.5 Å². The highest BCUT2D eigenvalue weighted by Gasteiger charge is 2.30. The number of amides is 2. The maximum Gasteiger partial charge on any atom is 0.238 e. The van der Waals surface area contributed by atoms with Crippen LogP contribution in [0.3, 0.4) is 0 Å². The van der Waals surface area contributed by atoms with E-state index in [0.29, 0.717) is 25.6 Å². The van der Waals surface area contributed by atoms with E-state index in [1.54, 1.807) is 12.3 Å². The van der Waals surface area contributed by atoms with Crippen molar-refractivity contribution in [3.8, 4) is 0 Å². The van der Waals surface area contributed by atoms with Crippen LogP contribution in [0.1, 0.15) is 36.1 Å². The average molecular weight is 380 g/mol. The van der Waals surface area contributed by atoms with Gasteiger partial charge in [-0.25, -0.2) is 0 Å². The molecule has 6 heteroatoms. The van der Waals surface area contributed by atoms with Crippen LogP contribution in [-0.2, 0) is 9.59 Å². The minimum atomic E-state index is -0.0498. The molecule has 0 radical (unpaired) electrons. The first-order chi connectivity index (χ1) is 13.4. The topological polar surface area (TPSA) is 74.3 Å². The van der Waals surface area contributed by atoms with Crippen LogP contribution in [0.5, 0.6) is 0 Å². The van der Waals surface area contributed by atoms with Gasteiger partial charge in [-0.15, -0.1) is 0 Å². The third-order valence-corrected chi connectivity index (χ3v) is 4.88. The number of hydrogen-bond donors (Lipinski definition) is 2. The Morgan fingerprint density at radius 2 is 1.86 bits per heavy atom. The van der Waals surface area contributed by atoms with Gasteiger partial charge < -0.3 is 10.6 Å². The maximum atomic E-state index is 12.5. The molecular weight excluding hydrogens is 352 g/mol. The molecule has 1 aromatic carbocycles. The normalized spacial score (nSPS) is 13.4. The number of rotatable bonds is 8. The SMILES string of the molecule is Cc1ccc(C)c(NC(=O)CN(CCC(=O)Nc2ccnc(C)c2)C2CC2)c1. The number of pyridine rings is 1. The Balaban J connectivity index is 1.51. The van der Waals surface area contributed by atoms with Gasteiger partial charge in [-0.3, -0.25) is 19.5 Å². The van der Waals surface area contributed by atoms with Gasteiger partial charge >= 0.3 is 0 Å². The molecule has 1 saturated carbocycles. The van der Waals surface area contributed by atoms with Gasteiger partial charge in [0.25, 0.3) is 0 Å². The molecule has 1 aliphatic rings. The van der Waals surface area contributed by atoms with E-state index in [4.69, 9.17) is 0 Å². The quantitative estimate of drug-likeness (QED) is 0.736. The van der Waals surface area contributed by atoms with Gasteiger partial charge in [0.05, 0.1) is 6.54 Å². The molecule has 1 aromatic heterocycles. The van der Waals surface area contributed by atoms with E-state index in [0.717, 1.165) is 41.0 Å². The zero-order valence-electron chi connectivity index (χ0n) is 16.8. The molecule has 0 saturated heterocycles. The van der Waals surface area contributed by atoms with Crippen molar-refractivity contribution in [1.82, 2.24) is 9.88 Å². The molecule has 2 aromatic rings. The Bertz CT molecular complexity index is 861. The molecule has 6 nitrogen and oxygen atoms in total. The largest absolute Gasteiger partial charge is 0.326 e. The minimum absolute atomic E-state index is 0.0363. The Kier molecular flexibility index (Phi) is 6.41. The van der Waals surface area contributed by atoms with Gasteiger partial charge in [-0.2, -0.15) is 0 Å². The molecule has 0 atom stereocenters. The van der Waals surface area contributed by atoms with E-state index < -0.39 is 0 Å². The van der Waals surface area contributed by atoms with Crippen LogP contribution in [0, 0.1) is 20.8 Å². The molecule has 3 rings (SSSR count). The number of hydrogen-bond acceptors (Lipinski definition) is 4. The van der Waals surface area contributed by atoms with Crippen molar-refractivity contribution in [2.45, 2.75) is 46.1 Å². The number of nitrogens with zero attached hydrogens (tertiary/aromatic N) is 2. The first-order valence-corrected chi connectivity index (χ1v) is 9.74. The second kappa shape index (κ2) is 8.97. The minimum Gasteiger partial charge on any atom is -0.326 e. The van der Waals surface area contributed by atoms with Crippen molar-refractivity contribution in [2.24, 2.45) is 0 Å². The number of nitrogens with one attached hydrogen (secondary N) is 2. The number of aryl methyl sites for hydroxylation is 3. The first-order valence-electron chi connectivity index (χ1n) is 9.74. The van der Waals surface area contributed by atoms with E-state index in [2.05, 4.69) is 20.5 Å². The molecular formula is C22H28N4O2. The molecule has 28 heavy (non-hydrogen) atoms. The predicted octanol–water partition coefficient (Wildman–Crippen LogP) is 3.44. The second-order valence-electron chi connectivity index (χ2n) is 7.55. The fourth-order valence-electron chi connectivity index (χ4n) is 3.17. The lowest BCUT2D eigenvalue weighted by Gasteiger charge is -2.21. The first kappa shape index (κ1) is 20.0. The smallest absolute Gasteiger partial charge is 0.238 e. The molecule has 2 N–H and O–H groups in total. The summed E-state index contributed by atoms with van der Waals surface area (Å²) in [6.45, 7) is 6.76. The lowest BCUT2D eigenvalue weighted by Crippen LogP contribution is -2.37.